The molecule has 1 N–H and O–H groups in total. The van der Waals surface area contributed by atoms with Crippen LogP contribution in [0.1, 0.15) is 74.3 Å². The standard InChI is InChI=1S/C26H41FN2O7/c1-24(2,3)34-21(30)18(14-17-10-11-20(28-16-17)33-13-12-27)15-19(22(31)35-25(4,5)6)29-23(32)36-26(7,8)9/h10-11,16,18-19H,12-15H2,1-9H3,(H,29,32)/t18-,19-/m0/s1. The molecule has 0 saturated heterocycles. The average molecular weight is 513 g/mol. The zero-order valence-electron chi connectivity index (χ0n) is 22.9. The molecule has 10 heteroatoms. The molecule has 1 amide bonds. The molecule has 9 nitrogen and oxygen atoms in total. The number of hydrogen-bond donors (Lipinski definition) is 1. The van der Waals surface area contributed by atoms with Crippen LogP contribution in [0.15, 0.2) is 18.3 Å². The highest BCUT2D eigenvalue weighted by Crippen LogP contribution is 2.22. The molecule has 0 radical (unpaired) electrons. The van der Waals surface area contributed by atoms with Gasteiger partial charge in [-0.25, -0.2) is 19.0 Å². The highest BCUT2D eigenvalue weighted by Gasteiger charge is 2.35. The van der Waals surface area contributed by atoms with Crippen molar-refractivity contribution in [3.8, 4) is 5.88 Å². The quantitative estimate of drug-likeness (QED) is 0.359. The lowest BCUT2D eigenvalue weighted by molar-refractivity contribution is -0.162. The van der Waals surface area contributed by atoms with E-state index >= 15 is 0 Å². The number of halogens is 1. The van der Waals surface area contributed by atoms with Gasteiger partial charge < -0.3 is 24.3 Å². The number of ether oxygens (including phenoxy) is 4. The highest BCUT2D eigenvalue weighted by atomic mass is 19.1. The fourth-order valence-electron chi connectivity index (χ4n) is 3.01. The lowest BCUT2D eigenvalue weighted by Crippen LogP contribution is -2.48. The minimum atomic E-state index is -1.17. The molecule has 1 rings (SSSR count). The van der Waals surface area contributed by atoms with Crippen molar-refractivity contribution < 1.29 is 37.7 Å². The van der Waals surface area contributed by atoms with Crippen molar-refractivity contribution in [1.29, 1.82) is 0 Å². The van der Waals surface area contributed by atoms with Gasteiger partial charge in [0.2, 0.25) is 5.88 Å². The summed E-state index contributed by atoms with van der Waals surface area (Å²) in [6.07, 6.45) is 0.774. The van der Waals surface area contributed by atoms with E-state index in [1.807, 2.05) is 0 Å². The number of amides is 1. The van der Waals surface area contributed by atoms with E-state index in [1.54, 1.807) is 74.4 Å². The van der Waals surface area contributed by atoms with Crippen molar-refractivity contribution in [2.75, 3.05) is 13.3 Å². The molecule has 0 aromatic carbocycles. The number of rotatable bonds is 10. The molecule has 0 aliphatic carbocycles. The van der Waals surface area contributed by atoms with E-state index in [0.29, 0.717) is 5.56 Å². The number of alkyl carbamates (subject to hydrolysis) is 1. The summed E-state index contributed by atoms with van der Waals surface area (Å²) in [7, 11) is 0. The number of pyridine rings is 1. The van der Waals surface area contributed by atoms with Crippen molar-refractivity contribution in [3.05, 3.63) is 23.9 Å². The van der Waals surface area contributed by atoms with Gasteiger partial charge in [0, 0.05) is 12.3 Å². The lowest BCUT2D eigenvalue weighted by Gasteiger charge is -2.29. The van der Waals surface area contributed by atoms with E-state index in [4.69, 9.17) is 18.9 Å². The second-order valence-electron chi connectivity index (χ2n) is 11.4. The van der Waals surface area contributed by atoms with Crippen molar-refractivity contribution >= 4 is 18.0 Å². The summed E-state index contributed by atoms with van der Waals surface area (Å²) in [5.41, 5.74) is -1.70. The summed E-state index contributed by atoms with van der Waals surface area (Å²) >= 11 is 0. The van der Waals surface area contributed by atoms with Crippen molar-refractivity contribution in [2.24, 2.45) is 5.92 Å². The number of carbonyl (C=O) groups excluding carboxylic acids is 3. The molecular weight excluding hydrogens is 471 g/mol. The van der Waals surface area contributed by atoms with Crippen LogP contribution in [0, 0.1) is 5.92 Å². The molecule has 1 aromatic heterocycles. The number of carbonyl (C=O) groups is 3. The third-order valence-electron chi connectivity index (χ3n) is 4.25. The van der Waals surface area contributed by atoms with Gasteiger partial charge in [-0.2, -0.15) is 0 Å². The van der Waals surface area contributed by atoms with Crippen LogP contribution in [0.4, 0.5) is 9.18 Å². The normalized spacial score (nSPS) is 13.8. The van der Waals surface area contributed by atoms with Crippen LogP contribution in [-0.2, 0) is 30.2 Å². The smallest absolute Gasteiger partial charge is 0.408 e. The number of nitrogens with one attached hydrogen (secondary N) is 1. The Hall–Kier alpha value is -2.91. The van der Waals surface area contributed by atoms with Crippen LogP contribution in [0.25, 0.3) is 0 Å². The maximum absolute atomic E-state index is 13.1. The molecule has 1 aromatic rings. The zero-order valence-corrected chi connectivity index (χ0v) is 22.9. The molecule has 204 valence electrons. The topological polar surface area (TPSA) is 113 Å². The van der Waals surface area contributed by atoms with Crippen LogP contribution in [0.3, 0.4) is 0 Å². The van der Waals surface area contributed by atoms with Crippen LogP contribution < -0.4 is 10.1 Å². The summed E-state index contributed by atoms with van der Waals surface area (Å²) in [4.78, 5) is 42.7. The highest BCUT2D eigenvalue weighted by molar-refractivity contribution is 5.83. The SMILES string of the molecule is CC(C)(C)OC(=O)N[C@@H](C[C@H](Cc1ccc(OCCF)nc1)C(=O)OC(C)(C)C)C(=O)OC(C)(C)C. The van der Waals surface area contributed by atoms with Crippen molar-refractivity contribution in [1.82, 2.24) is 10.3 Å². The summed E-state index contributed by atoms with van der Waals surface area (Å²) in [5, 5.41) is 2.55. The second kappa shape index (κ2) is 12.9. The van der Waals surface area contributed by atoms with Gasteiger partial charge in [-0.3, -0.25) is 4.79 Å². The molecule has 0 fully saturated rings. The third kappa shape index (κ3) is 13.3. The molecule has 0 bridgehead atoms. The van der Waals surface area contributed by atoms with Gasteiger partial charge in [-0.05, 0) is 80.7 Å². The average Bonchev–Trinajstić information content (AvgIpc) is 2.68. The first-order valence-electron chi connectivity index (χ1n) is 12.0. The number of nitrogens with zero attached hydrogens (tertiary/aromatic N) is 1. The van der Waals surface area contributed by atoms with Gasteiger partial charge in [-0.15, -0.1) is 0 Å². The monoisotopic (exact) mass is 512 g/mol. The zero-order chi connectivity index (χ0) is 27.7. The predicted octanol–water partition coefficient (Wildman–Crippen LogP) is 4.56. The molecular formula is C26H41FN2O7. The van der Waals surface area contributed by atoms with Crippen LogP contribution in [0.2, 0.25) is 0 Å². The summed E-state index contributed by atoms with van der Waals surface area (Å²) < 4.78 is 33.9. The molecule has 0 spiro atoms. The molecule has 0 unspecified atom stereocenters. The van der Waals surface area contributed by atoms with E-state index < -0.39 is 53.5 Å². The number of esters is 2. The molecule has 0 aliphatic heterocycles. The Morgan fingerprint density at radius 2 is 1.44 bits per heavy atom. The molecule has 2 atom stereocenters. The predicted molar refractivity (Wildman–Crippen MR) is 132 cm³/mol. The van der Waals surface area contributed by atoms with Gasteiger partial charge in [-0.1, -0.05) is 6.07 Å². The van der Waals surface area contributed by atoms with Gasteiger partial charge in [0.15, 0.2) is 0 Å². The summed E-state index contributed by atoms with van der Waals surface area (Å²) in [6.45, 7) is 14.7. The minimum Gasteiger partial charge on any atom is -0.475 e. The van der Waals surface area contributed by atoms with E-state index in [-0.39, 0.29) is 25.3 Å². The lowest BCUT2D eigenvalue weighted by atomic mass is 9.92. The largest absolute Gasteiger partial charge is 0.475 e. The maximum atomic E-state index is 13.1. The number of aromatic nitrogens is 1. The van der Waals surface area contributed by atoms with Gasteiger partial charge in [0.25, 0.3) is 0 Å². The van der Waals surface area contributed by atoms with Crippen molar-refractivity contribution in [2.45, 2.75) is 98.0 Å². The first kappa shape index (κ1) is 31.1. The van der Waals surface area contributed by atoms with E-state index in [0.717, 1.165) is 0 Å². The fourth-order valence-corrected chi connectivity index (χ4v) is 3.01. The second-order valence-corrected chi connectivity index (χ2v) is 11.4. The number of alkyl halides is 1. The maximum Gasteiger partial charge on any atom is 0.408 e. The molecule has 0 aliphatic rings. The Kier molecular flexibility index (Phi) is 11.1. The summed E-state index contributed by atoms with van der Waals surface area (Å²) in [5.74, 6) is -1.81. The molecule has 36 heavy (non-hydrogen) atoms. The third-order valence-corrected chi connectivity index (χ3v) is 4.25. The Morgan fingerprint density at radius 3 is 1.92 bits per heavy atom. The molecule has 1 heterocycles. The molecule has 0 saturated carbocycles. The van der Waals surface area contributed by atoms with Crippen LogP contribution >= 0.6 is 0 Å². The Bertz CT molecular complexity index is 868. The Labute approximate surface area is 213 Å². The van der Waals surface area contributed by atoms with Crippen LogP contribution in [-0.4, -0.2) is 59.1 Å². The fraction of sp³-hybridized carbons (Fsp3) is 0.692. The Balaban J connectivity index is 3.21. The number of hydrogen-bond acceptors (Lipinski definition) is 8. The van der Waals surface area contributed by atoms with E-state index in [1.165, 1.54) is 6.20 Å². The van der Waals surface area contributed by atoms with E-state index in [2.05, 4.69) is 10.3 Å². The first-order chi connectivity index (χ1) is 16.4. The van der Waals surface area contributed by atoms with E-state index in [9.17, 15) is 18.8 Å². The van der Waals surface area contributed by atoms with Crippen LogP contribution in [0.5, 0.6) is 5.88 Å². The van der Waals surface area contributed by atoms with Gasteiger partial charge in [0.05, 0.1) is 5.92 Å². The van der Waals surface area contributed by atoms with Gasteiger partial charge >= 0.3 is 18.0 Å². The van der Waals surface area contributed by atoms with Gasteiger partial charge in [0.1, 0.15) is 36.1 Å². The first-order valence-corrected chi connectivity index (χ1v) is 12.0. The summed E-state index contributed by atoms with van der Waals surface area (Å²) in [6, 6.07) is 2.10. The Morgan fingerprint density at radius 1 is 0.889 bits per heavy atom. The minimum absolute atomic E-state index is 0.0941. The van der Waals surface area contributed by atoms with Crippen molar-refractivity contribution in [3.63, 3.8) is 0 Å².